The smallest absolute Gasteiger partial charge is 0.253 e. The van der Waals surface area contributed by atoms with E-state index in [-0.39, 0.29) is 10.8 Å². The Bertz CT molecular complexity index is 1350. The zero-order valence-corrected chi connectivity index (χ0v) is 20.8. The largest absolute Gasteiger partial charge is 0.352 e. The highest BCUT2D eigenvalue weighted by molar-refractivity contribution is 7.91. The van der Waals surface area contributed by atoms with Crippen molar-refractivity contribution in [3.8, 4) is 0 Å². The first-order valence-electron chi connectivity index (χ1n) is 11.2. The van der Waals surface area contributed by atoms with Crippen molar-refractivity contribution in [2.24, 2.45) is 0 Å². The maximum atomic E-state index is 13.4. The summed E-state index contributed by atoms with van der Waals surface area (Å²) in [6, 6.07) is 11.5. The van der Waals surface area contributed by atoms with Crippen LogP contribution in [0, 0.1) is 11.6 Å². The first-order valence-corrected chi connectivity index (χ1v) is 12.7. The molecule has 1 N–H and O–H groups in total. The van der Waals surface area contributed by atoms with Gasteiger partial charge in [0.15, 0.2) is 0 Å². The Morgan fingerprint density at radius 2 is 1.51 bits per heavy atom. The number of rotatable bonds is 6. The highest BCUT2D eigenvalue weighted by atomic mass is 32.2. The number of hydrogen-bond donors (Lipinski definition) is 1. The first kappa shape index (κ1) is 27.6. The second-order valence-electron chi connectivity index (χ2n) is 6.75. The molecule has 0 fully saturated rings. The average molecular weight is 503 g/mol. The highest BCUT2D eigenvalue weighted by Crippen LogP contribution is 2.23. The number of hydrogen-bond acceptors (Lipinski definition) is 5. The number of sulfone groups is 1. The molecule has 2 heterocycles. The second-order valence-corrected chi connectivity index (χ2v) is 8.70. The SMILES string of the molecule is CC.CC.O=C(NCCc1ccc(S(=O)(=O)c2cc(F)cc(F)c2)cc1)c1cnn2nccc2c1. The lowest BCUT2D eigenvalue weighted by Crippen LogP contribution is -2.26. The Balaban J connectivity index is 0.00000103. The van der Waals surface area contributed by atoms with Crippen LogP contribution in [0.1, 0.15) is 43.6 Å². The van der Waals surface area contributed by atoms with Gasteiger partial charge in [-0.25, -0.2) is 17.2 Å². The van der Waals surface area contributed by atoms with Crippen LogP contribution in [0.3, 0.4) is 0 Å². The lowest BCUT2D eigenvalue weighted by Gasteiger charge is -2.08. The van der Waals surface area contributed by atoms with Crippen LogP contribution in [-0.2, 0) is 16.3 Å². The molecule has 0 bridgehead atoms. The second kappa shape index (κ2) is 12.7. The van der Waals surface area contributed by atoms with Gasteiger partial charge in [0.05, 0.1) is 33.3 Å². The van der Waals surface area contributed by atoms with Crippen LogP contribution in [0.4, 0.5) is 8.78 Å². The normalized spacial score (nSPS) is 10.6. The molecule has 4 aromatic rings. The monoisotopic (exact) mass is 502 g/mol. The summed E-state index contributed by atoms with van der Waals surface area (Å²) in [5, 5.41) is 10.8. The molecule has 0 saturated carbocycles. The van der Waals surface area contributed by atoms with Crippen LogP contribution in [-0.4, -0.2) is 35.7 Å². The van der Waals surface area contributed by atoms with Gasteiger partial charge in [-0.2, -0.15) is 14.8 Å². The fraction of sp³-hybridized carbons (Fsp3) is 0.240. The van der Waals surface area contributed by atoms with Crippen LogP contribution in [0.15, 0.2) is 76.8 Å². The molecule has 0 spiro atoms. The van der Waals surface area contributed by atoms with Gasteiger partial charge in [-0.3, -0.25) is 4.79 Å². The Hall–Kier alpha value is -3.66. The van der Waals surface area contributed by atoms with Crippen LogP contribution in [0.5, 0.6) is 0 Å². The average Bonchev–Trinajstić information content (AvgIpc) is 3.34. The van der Waals surface area contributed by atoms with E-state index in [0.717, 1.165) is 17.7 Å². The van der Waals surface area contributed by atoms with Gasteiger partial charge in [-0.1, -0.05) is 39.8 Å². The summed E-state index contributed by atoms with van der Waals surface area (Å²) in [6.07, 6.45) is 3.46. The van der Waals surface area contributed by atoms with Gasteiger partial charge in [0.25, 0.3) is 5.91 Å². The highest BCUT2D eigenvalue weighted by Gasteiger charge is 2.19. The van der Waals surface area contributed by atoms with Gasteiger partial charge in [0.1, 0.15) is 11.6 Å². The maximum absolute atomic E-state index is 13.4. The third-order valence-electron chi connectivity index (χ3n) is 4.60. The minimum absolute atomic E-state index is 0.0783. The van der Waals surface area contributed by atoms with Crippen molar-refractivity contribution >= 4 is 21.3 Å². The van der Waals surface area contributed by atoms with E-state index in [1.807, 2.05) is 27.7 Å². The van der Waals surface area contributed by atoms with Crippen LogP contribution >= 0.6 is 0 Å². The Kier molecular flexibility index (Phi) is 10.0. The van der Waals surface area contributed by atoms with E-state index >= 15 is 0 Å². The Morgan fingerprint density at radius 3 is 2.14 bits per heavy atom. The molecular weight excluding hydrogens is 474 g/mol. The van der Waals surface area contributed by atoms with Crippen molar-refractivity contribution in [3.05, 3.63) is 89.8 Å². The summed E-state index contributed by atoms with van der Waals surface area (Å²) in [5.74, 6) is -2.22. The van der Waals surface area contributed by atoms with Gasteiger partial charge in [-0.15, -0.1) is 0 Å². The summed E-state index contributed by atoms with van der Waals surface area (Å²) in [7, 11) is -4.05. The zero-order valence-electron chi connectivity index (χ0n) is 20.0. The number of carbonyl (C=O) groups excluding carboxylic acids is 1. The van der Waals surface area contributed by atoms with Gasteiger partial charge >= 0.3 is 0 Å². The van der Waals surface area contributed by atoms with Crippen molar-refractivity contribution in [2.75, 3.05) is 6.54 Å². The van der Waals surface area contributed by atoms with Gasteiger partial charge in [-0.05, 0) is 48.4 Å². The van der Waals surface area contributed by atoms with Crippen LogP contribution in [0.25, 0.3) is 5.52 Å². The first-order chi connectivity index (χ1) is 16.8. The maximum Gasteiger partial charge on any atom is 0.253 e. The number of amides is 1. The molecule has 0 aliphatic carbocycles. The number of nitrogens with one attached hydrogen (secondary N) is 1. The number of fused-ring (bicyclic) bond motifs is 1. The molecule has 35 heavy (non-hydrogen) atoms. The van der Waals surface area contributed by atoms with E-state index in [2.05, 4.69) is 15.5 Å². The van der Waals surface area contributed by atoms with E-state index in [0.29, 0.717) is 30.1 Å². The molecule has 0 radical (unpaired) electrons. The minimum Gasteiger partial charge on any atom is -0.352 e. The zero-order chi connectivity index (χ0) is 26.0. The predicted octanol–water partition coefficient (Wildman–Crippen LogP) is 4.87. The molecule has 4 rings (SSSR count). The van der Waals surface area contributed by atoms with Crippen LogP contribution < -0.4 is 5.32 Å². The summed E-state index contributed by atoms with van der Waals surface area (Å²) >= 11 is 0. The van der Waals surface area contributed by atoms with E-state index < -0.39 is 26.4 Å². The number of halogens is 2. The molecular formula is C25H28F2N4O3S. The predicted molar refractivity (Wildman–Crippen MR) is 130 cm³/mol. The van der Waals surface area contributed by atoms with Crippen LogP contribution in [0.2, 0.25) is 0 Å². The molecule has 1 amide bonds. The molecule has 0 atom stereocenters. The molecule has 10 heteroatoms. The summed E-state index contributed by atoms with van der Waals surface area (Å²) in [5.41, 5.74) is 1.88. The van der Waals surface area contributed by atoms with E-state index in [4.69, 9.17) is 0 Å². The number of aromatic nitrogens is 3. The van der Waals surface area contributed by atoms with Gasteiger partial charge < -0.3 is 5.32 Å². The lowest BCUT2D eigenvalue weighted by molar-refractivity contribution is 0.0953. The Morgan fingerprint density at radius 1 is 0.886 bits per heavy atom. The molecule has 0 aliphatic rings. The summed E-state index contributed by atoms with van der Waals surface area (Å²) in [4.78, 5) is 11.7. The molecule has 0 unspecified atom stereocenters. The minimum atomic E-state index is -4.05. The fourth-order valence-corrected chi connectivity index (χ4v) is 4.33. The van der Waals surface area contributed by atoms with Crippen molar-refractivity contribution < 1.29 is 22.0 Å². The van der Waals surface area contributed by atoms with Crippen molar-refractivity contribution in [1.82, 2.24) is 20.1 Å². The molecule has 186 valence electrons. The quantitative estimate of drug-likeness (QED) is 0.406. The Labute approximate surface area is 203 Å². The van der Waals surface area contributed by atoms with E-state index in [1.54, 1.807) is 30.5 Å². The fourth-order valence-electron chi connectivity index (χ4n) is 3.02. The topological polar surface area (TPSA) is 93.4 Å². The van der Waals surface area contributed by atoms with E-state index in [9.17, 15) is 22.0 Å². The lowest BCUT2D eigenvalue weighted by atomic mass is 10.1. The molecule has 2 aromatic heterocycles. The van der Waals surface area contributed by atoms with Gasteiger partial charge in [0, 0.05) is 12.6 Å². The third-order valence-corrected chi connectivity index (χ3v) is 6.35. The number of nitrogens with zero attached hydrogens (tertiary/aromatic N) is 3. The van der Waals surface area contributed by atoms with Gasteiger partial charge in [0.2, 0.25) is 9.84 Å². The van der Waals surface area contributed by atoms with Crippen molar-refractivity contribution in [2.45, 2.75) is 43.9 Å². The van der Waals surface area contributed by atoms with Crippen molar-refractivity contribution in [1.29, 1.82) is 0 Å². The van der Waals surface area contributed by atoms with E-state index in [1.165, 1.54) is 23.0 Å². The third kappa shape index (κ3) is 6.92. The summed E-state index contributed by atoms with van der Waals surface area (Å²) in [6.45, 7) is 8.32. The molecule has 0 aliphatic heterocycles. The molecule has 0 saturated heterocycles. The summed E-state index contributed by atoms with van der Waals surface area (Å²) < 4.78 is 53.3. The number of benzene rings is 2. The molecule has 7 nitrogen and oxygen atoms in total. The molecule has 2 aromatic carbocycles. The number of carbonyl (C=O) groups is 1. The standard InChI is InChI=1S/C21H16F2N4O3S.2C2H6/c22-16-10-17(23)12-20(11-16)31(29,30)19-3-1-14(2-4-19)5-7-24-21(28)15-9-18-6-8-25-27(18)26-13-15;2*1-2/h1-4,6,8-13H,5,7H2,(H,24,28);2*1-2H3. The van der Waals surface area contributed by atoms with Crippen molar-refractivity contribution in [3.63, 3.8) is 0 Å².